The minimum Gasteiger partial charge on any atom is -0.440 e. The number of nitrogens with zero attached hydrogens (tertiary/aromatic N) is 2. The van der Waals surface area contributed by atoms with E-state index in [-0.39, 0.29) is 5.97 Å². The number of ether oxygens (including phenoxy) is 1. The summed E-state index contributed by atoms with van der Waals surface area (Å²) in [5.74, 6) is -0.243. The lowest BCUT2D eigenvalue weighted by atomic mass is 9.77. The fourth-order valence-electron chi connectivity index (χ4n) is 8.47. The highest BCUT2D eigenvalue weighted by Crippen LogP contribution is 2.54. The number of aryl methyl sites for hydroxylation is 2. The summed E-state index contributed by atoms with van der Waals surface area (Å²) >= 11 is 0. The zero-order valence-electron chi connectivity index (χ0n) is 30.0. The second kappa shape index (κ2) is 15.6. The highest BCUT2D eigenvalue weighted by atomic mass is 16.6. The smallest absolute Gasteiger partial charge is 0.340 e. The molecule has 0 aliphatic carbocycles. The van der Waals surface area contributed by atoms with Crippen LogP contribution in [0.15, 0.2) is 72.8 Å². The van der Waals surface area contributed by atoms with Gasteiger partial charge in [0.15, 0.2) is 5.60 Å². The van der Waals surface area contributed by atoms with Gasteiger partial charge in [-0.1, -0.05) is 145 Å². The first kappa shape index (κ1) is 34.1. The van der Waals surface area contributed by atoms with Crippen molar-refractivity contribution in [3.05, 3.63) is 106 Å². The van der Waals surface area contributed by atoms with Crippen molar-refractivity contribution in [3.63, 3.8) is 0 Å². The summed E-state index contributed by atoms with van der Waals surface area (Å²) in [5, 5.41) is 2.33. The van der Waals surface area contributed by atoms with Gasteiger partial charge in [-0.3, -0.25) is 0 Å². The highest BCUT2D eigenvalue weighted by Gasteiger charge is 2.53. The molecule has 254 valence electrons. The lowest BCUT2D eigenvalue weighted by Crippen LogP contribution is -2.31. The van der Waals surface area contributed by atoms with Crippen molar-refractivity contribution >= 4 is 27.8 Å². The molecule has 3 aromatic carbocycles. The molecule has 2 aromatic heterocycles. The maximum Gasteiger partial charge on any atom is 0.340 e. The number of hydrogen-bond acceptors (Lipinski definition) is 2. The molecule has 1 aliphatic rings. The minimum absolute atomic E-state index is 0.243. The zero-order valence-corrected chi connectivity index (χ0v) is 30.0. The lowest BCUT2D eigenvalue weighted by Gasteiger charge is -2.31. The summed E-state index contributed by atoms with van der Waals surface area (Å²) in [5.41, 5.74) is 7.57. The Kier molecular flexibility index (Phi) is 11.1. The summed E-state index contributed by atoms with van der Waals surface area (Å²) in [6.45, 7) is 10.9. The fraction of sp³-hybridized carbons (Fsp3) is 0.477. The van der Waals surface area contributed by atoms with Gasteiger partial charge in [0.1, 0.15) is 0 Å². The molecule has 1 aliphatic heterocycles. The molecule has 1 unspecified atom stereocenters. The lowest BCUT2D eigenvalue weighted by molar-refractivity contribution is 0.0255. The van der Waals surface area contributed by atoms with Gasteiger partial charge in [-0.25, -0.2) is 4.79 Å². The van der Waals surface area contributed by atoms with Gasteiger partial charge in [0.05, 0.1) is 5.56 Å². The summed E-state index contributed by atoms with van der Waals surface area (Å²) in [4.78, 5) is 13.9. The van der Waals surface area contributed by atoms with Crippen LogP contribution in [-0.4, -0.2) is 15.1 Å². The van der Waals surface area contributed by atoms with Gasteiger partial charge >= 0.3 is 5.97 Å². The standard InChI is InChI=1S/C44H56N2O2/c1-5-7-9-10-11-12-13-14-15-16-17-24-32-46-34(4)42(37-27-20-23-30-40(37)46)44(38-28-21-18-25-35(38)43(47)48-44)41-33(3)45(31-8-6-2)39-29-22-19-26-36(39)41/h18-23,25-30H,5-17,24,31-32H2,1-4H3. The third-order valence-corrected chi connectivity index (χ3v) is 10.9. The number of fused-ring (bicyclic) bond motifs is 3. The van der Waals surface area contributed by atoms with Crippen LogP contribution >= 0.6 is 0 Å². The van der Waals surface area contributed by atoms with Crippen molar-refractivity contribution < 1.29 is 9.53 Å². The molecule has 48 heavy (non-hydrogen) atoms. The van der Waals surface area contributed by atoms with Crippen LogP contribution in [0.2, 0.25) is 0 Å². The number of hydrogen-bond donors (Lipinski definition) is 0. The Balaban J connectivity index is 1.34. The quantitative estimate of drug-likeness (QED) is 0.0703. The Morgan fingerprint density at radius 3 is 1.52 bits per heavy atom. The monoisotopic (exact) mass is 644 g/mol. The average molecular weight is 645 g/mol. The van der Waals surface area contributed by atoms with Crippen LogP contribution in [0.1, 0.15) is 142 Å². The number of unbranched alkanes of at least 4 members (excludes halogenated alkanes) is 12. The van der Waals surface area contributed by atoms with Crippen molar-refractivity contribution in [1.29, 1.82) is 0 Å². The van der Waals surface area contributed by atoms with Gasteiger partial charge in [-0.05, 0) is 44.9 Å². The van der Waals surface area contributed by atoms with E-state index in [0.717, 1.165) is 54.4 Å². The normalized spacial score (nSPS) is 15.9. The van der Waals surface area contributed by atoms with E-state index < -0.39 is 5.60 Å². The molecular weight excluding hydrogens is 588 g/mol. The van der Waals surface area contributed by atoms with Crippen molar-refractivity contribution in [3.8, 4) is 0 Å². The Bertz CT molecular complexity index is 1840. The van der Waals surface area contributed by atoms with Crippen LogP contribution in [0.3, 0.4) is 0 Å². The van der Waals surface area contributed by atoms with Crippen LogP contribution < -0.4 is 0 Å². The topological polar surface area (TPSA) is 36.2 Å². The minimum atomic E-state index is -1.04. The molecule has 6 rings (SSSR count). The average Bonchev–Trinajstić information content (AvgIpc) is 3.68. The van der Waals surface area contributed by atoms with E-state index in [1.54, 1.807) is 0 Å². The van der Waals surface area contributed by atoms with Crippen LogP contribution in [0.25, 0.3) is 21.8 Å². The van der Waals surface area contributed by atoms with Crippen LogP contribution in [0.5, 0.6) is 0 Å². The van der Waals surface area contributed by atoms with E-state index >= 15 is 0 Å². The number of para-hydroxylation sites is 2. The largest absolute Gasteiger partial charge is 0.440 e. The molecule has 0 amide bonds. The second-order valence-corrected chi connectivity index (χ2v) is 14.1. The molecule has 0 bridgehead atoms. The number of esters is 1. The molecule has 0 fully saturated rings. The summed E-state index contributed by atoms with van der Waals surface area (Å²) in [7, 11) is 0. The SMILES string of the molecule is CCCCCCCCCCCCCCn1c(C)c(C2(c3c(C)n(CCCC)c4ccccc34)OC(=O)c3ccccc32)c2ccccc21. The van der Waals surface area contributed by atoms with Gasteiger partial charge in [0.2, 0.25) is 0 Å². The van der Waals surface area contributed by atoms with E-state index in [9.17, 15) is 4.79 Å². The molecule has 0 spiro atoms. The molecule has 4 heteroatoms. The molecule has 4 nitrogen and oxygen atoms in total. The number of carbonyl (C=O) groups is 1. The third-order valence-electron chi connectivity index (χ3n) is 10.9. The van der Waals surface area contributed by atoms with Crippen molar-refractivity contribution in [1.82, 2.24) is 9.13 Å². The summed E-state index contributed by atoms with van der Waals surface area (Å²) < 4.78 is 11.8. The van der Waals surface area contributed by atoms with Crippen molar-refractivity contribution in [2.24, 2.45) is 0 Å². The number of cyclic esters (lactones) is 1. The maximum absolute atomic E-state index is 13.9. The molecule has 1 atom stereocenters. The van der Waals surface area contributed by atoms with E-state index in [1.807, 2.05) is 12.1 Å². The molecule has 0 N–H and O–H groups in total. The highest BCUT2D eigenvalue weighted by molar-refractivity contribution is 6.01. The van der Waals surface area contributed by atoms with E-state index in [4.69, 9.17) is 4.74 Å². The van der Waals surface area contributed by atoms with E-state index in [0.29, 0.717) is 5.56 Å². The van der Waals surface area contributed by atoms with Gasteiger partial charge in [0.25, 0.3) is 0 Å². The van der Waals surface area contributed by atoms with Crippen molar-refractivity contribution in [2.45, 2.75) is 136 Å². The first-order chi connectivity index (χ1) is 23.5. The van der Waals surface area contributed by atoms with Crippen LogP contribution in [0, 0.1) is 13.8 Å². The van der Waals surface area contributed by atoms with Crippen LogP contribution in [-0.2, 0) is 23.4 Å². The predicted molar refractivity (Wildman–Crippen MR) is 201 cm³/mol. The Labute approximate surface area is 288 Å². The summed E-state index contributed by atoms with van der Waals surface area (Å²) in [6.07, 6.45) is 18.3. The predicted octanol–water partition coefficient (Wildman–Crippen LogP) is 12.2. The summed E-state index contributed by atoms with van der Waals surface area (Å²) in [6, 6.07) is 25.5. The number of aromatic nitrogens is 2. The van der Waals surface area contributed by atoms with Crippen molar-refractivity contribution in [2.75, 3.05) is 0 Å². The molecule has 0 saturated carbocycles. The third kappa shape index (κ3) is 6.35. The Hall–Kier alpha value is -3.79. The maximum atomic E-state index is 13.9. The van der Waals surface area contributed by atoms with Gasteiger partial charge in [-0.15, -0.1) is 0 Å². The van der Waals surface area contributed by atoms with Crippen LogP contribution in [0.4, 0.5) is 0 Å². The van der Waals surface area contributed by atoms with Gasteiger partial charge in [0, 0.05) is 63.0 Å². The number of rotatable bonds is 18. The Morgan fingerprint density at radius 2 is 0.979 bits per heavy atom. The Morgan fingerprint density at radius 1 is 0.542 bits per heavy atom. The molecule has 3 heterocycles. The first-order valence-electron chi connectivity index (χ1n) is 19.0. The van der Waals surface area contributed by atoms with Gasteiger partial charge < -0.3 is 13.9 Å². The fourth-order valence-corrected chi connectivity index (χ4v) is 8.47. The number of carbonyl (C=O) groups excluding carboxylic acids is 1. The molecule has 5 aromatic rings. The molecule has 0 radical (unpaired) electrons. The van der Waals surface area contributed by atoms with E-state index in [1.165, 1.54) is 98.4 Å². The van der Waals surface area contributed by atoms with Gasteiger partial charge in [-0.2, -0.15) is 0 Å². The number of benzene rings is 3. The molecular formula is C44H56N2O2. The second-order valence-electron chi connectivity index (χ2n) is 14.1. The molecule has 0 saturated heterocycles. The van der Waals surface area contributed by atoms with E-state index in [2.05, 4.69) is 97.5 Å². The first-order valence-corrected chi connectivity index (χ1v) is 19.0. The zero-order chi connectivity index (χ0) is 33.5.